The van der Waals surface area contributed by atoms with Crippen LogP contribution in [0.1, 0.15) is 37.4 Å². The van der Waals surface area contributed by atoms with Crippen LogP contribution in [-0.4, -0.2) is 11.5 Å². The van der Waals surface area contributed by atoms with E-state index in [2.05, 4.69) is 50.1 Å². The second-order valence-corrected chi connectivity index (χ2v) is 6.05. The maximum atomic E-state index is 5.79. The molecule has 0 saturated heterocycles. The summed E-state index contributed by atoms with van der Waals surface area (Å²) in [6, 6.07) is 4.28. The molecule has 1 rings (SSSR count). The Morgan fingerprint density at radius 2 is 2.00 bits per heavy atom. The molecule has 1 aromatic rings. The van der Waals surface area contributed by atoms with Crippen molar-refractivity contribution < 1.29 is 0 Å². The minimum absolute atomic E-state index is 0.0301. The molecule has 0 amide bonds. The van der Waals surface area contributed by atoms with Crippen LogP contribution < -0.4 is 11.1 Å². The summed E-state index contributed by atoms with van der Waals surface area (Å²) in [6.45, 7) is 9.02. The summed E-state index contributed by atoms with van der Waals surface area (Å²) in [7, 11) is 0. The first kappa shape index (κ1) is 13.0. The van der Waals surface area contributed by atoms with E-state index in [1.54, 1.807) is 11.3 Å². The predicted molar refractivity (Wildman–Crippen MR) is 71.9 cm³/mol. The Morgan fingerprint density at radius 3 is 2.50 bits per heavy atom. The summed E-state index contributed by atoms with van der Waals surface area (Å²) >= 11 is 1.80. The first-order valence-corrected chi connectivity index (χ1v) is 6.38. The molecule has 0 bridgehead atoms. The van der Waals surface area contributed by atoms with E-state index in [1.165, 1.54) is 9.75 Å². The highest BCUT2D eigenvalue weighted by atomic mass is 32.1. The van der Waals surface area contributed by atoms with Gasteiger partial charge in [0.25, 0.3) is 0 Å². The van der Waals surface area contributed by atoms with Crippen LogP contribution in [0.4, 0.5) is 0 Å². The van der Waals surface area contributed by atoms with Gasteiger partial charge < -0.3 is 11.1 Å². The van der Waals surface area contributed by atoms with Gasteiger partial charge >= 0.3 is 0 Å². The number of hydrogen-bond acceptors (Lipinski definition) is 2. The van der Waals surface area contributed by atoms with Crippen molar-refractivity contribution >= 4 is 17.3 Å². The number of hydrogen-bond donors (Lipinski definition) is 2. The van der Waals surface area contributed by atoms with Gasteiger partial charge in [0.05, 0.1) is 6.54 Å². The van der Waals surface area contributed by atoms with Gasteiger partial charge in [-0.15, -0.1) is 11.3 Å². The molecule has 0 aliphatic rings. The smallest absolute Gasteiger partial charge is 0.189 e. The van der Waals surface area contributed by atoms with E-state index in [4.69, 9.17) is 5.73 Å². The number of guanidine groups is 1. The first-order chi connectivity index (χ1) is 7.40. The van der Waals surface area contributed by atoms with E-state index in [0.717, 1.165) is 6.42 Å². The van der Waals surface area contributed by atoms with E-state index in [-0.39, 0.29) is 5.54 Å². The molecule has 0 aromatic carbocycles. The second kappa shape index (κ2) is 5.34. The van der Waals surface area contributed by atoms with Crippen LogP contribution in [0.3, 0.4) is 0 Å². The van der Waals surface area contributed by atoms with Gasteiger partial charge in [-0.05, 0) is 39.3 Å². The Bertz CT molecular complexity index is 361. The van der Waals surface area contributed by atoms with Crippen LogP contribution in [0.2, 0.25) is 0 Å². The van der Waals surface area contributed by atoms with Gasteiger partial charge in [0.15, 0.2) is 5.96 Å². The lowest BCUT2D eigenvalue weighted by atomic mass is 10.1. The summed E-state index contributed by atoms with van der Waals surface area (Å²) < 4.78 is 0. The van der Waals surface area contributed by atoms with Crippen molar-refractivity contribution in [3.05, 3.63) is 21.9 Å². The summed E-state index contributed by atoms with van der Waals surface area (Å²) in [4.78, 5) is 6.98. The predicted octanol–water partition coefficient (Wildman–Crippen LogP) is 2.51. The standard InChI is InChI=1S/C12H21N3S/c1-5-9-6-7-10(16-9)8-14-11(13)15-12(2,3)4/h6-7H,5,8H2,1-4H3,(H3,13,14,15). The molecule has 0 aliphatic carbocycles. The van der Waals surface area contributed by atoms with Crippen molar-refractivity contribution in [1.82, 2.24) is 5.32 Å². The highest BCUT2D eigenvalue weighted by molar-refractivity contribution is 7.11. The molecular weight excluding hydrogens is 218 g/mol. The Hall–Kier alpha value is -1.03. The van der Waals surface area contributed by atoms with Crippen molar-refractivity contribution in [3.63, 3.8) is 0 Å². The van der Waals surface area contributed by atoms with Crippen molar-refractivity contribution in [1.29, 1.82) is 0 Å². The molecule has 0 aliphatic heterocycles. The zero-order chi connectivity index (χ0) is 12.2. The zero-order valence-electron chi connectivity index (χ0n) is 10.5. The van der Waals surface area contributed by atoms with Gasteiger partial charge in [-0.1, -0.05) is 6.92 Å². The molecule has 0 fully saturated rings. The number of thiophene rings is 1. The summed E-state index contributed by atoms with van der Waals surface area (Å²) in [5.74, 6) is 0.513. The summed E-state index contributed by atoms with van der Waals surface area (Å²) in [5.41, 5.74) is 5.76. The highest BCUT2D eigenvalue weighted by Crippen LogP contribution is 2.17. The molecule has 0 spiro atoms. The average Bonchev–Trinajstić information content (AvgIpc) is 2.59. The fourth-order valence-corrected chi connectivity index (χ4v) is 2.17. The van der Waals surface area contributed by atoms with E-state index in [0.29, 0.717) is 12.5 Å². The fourth-order valence-electron chi connectivity index (χ4n) is 1.28. The van der Waals surface area contributed by atoms with Gasteiger partial charge in [-0.25, -0.2) is 4.99 Å². The molecule has 0 saturated carbocycles. The topological polar surface area (TPSA) is 50.4 Å². The third-order valence-electron chi connectivity index (χ3n) is 1.97. The van der Waals surface area contributed by atoms with Gasteiger partial charge in [0, 0.05) is 15.3 Å². The molecule has 3 nitrogen and oxygen atoms in total. The monoisotopic (exact) mass is 239 g/mol. The molecule has 3 N–H and O–H groups in total. The Kier molecular flexibility index (Phi) is 4.35. The van der Waals surface area contributed by atoms with Crippen LogP contribution in [0.15, 0.2) is 17.1 Å². The number of nitrogens with two attached hydrogens (primary N) is 1. The molecule has 1 aromatic heterocycles. The molecule has 90 valence electrons. The van der Waals surface area contributed by atoms with Crippen molar-refractivity contribution in [3.8, 4) is 0 Å². The van der Waals surface area contributed by atoms with Gasteiger partial charge in [0.1, 0.15) is 0 Å². The Balaban J connectivity index is 2.52. The molecule has 4 heteroatoms. The maximum Gasteiger partial charge on any atom is 0.189 e. The highest BCUT2D eigenvalue weighted by Gasteiger charge is 2.09. The van der Waals surface area contributed by atoms with Crippen LogP contribution in [-0.2, 0) is 13.0 Å². The lowest BCUT2D eigenvalue weighted by molar-refractivity contribution is 0.508. The number of nitrogens with zero attached hydrogens (tertiary/aromatic N) is 1. The normalized spacial score (nSPS) is 12.9. The zero-order valence-corrected chi connectivity index (χ0v) is 11.3. The minimum atomic E-state index is -0.0301. The maximum absolute atomic E-state index is 5.79. The minimum Gasteiger partial charge on any atom is -0.370 e. The van der Waals surface area contributed by atoms with Crippen LogP contribution in [0.25, 0.3) is 0 Å². The molecule has 16 heavy (non-hydrogen) atoms. The van der Waals surface area contributed by atoms with E-state index in [9.17, 15) is 0 Å². The number of aryl methyl sites for hydroxylation is 1. The van der Waals surface area contributed by atoms with E-state index >= 15 is 0 Å². The van der Waals surface area contributed by atoms with Gasteiger partial charge in [0.2, 0.25) is 0 Å². The van der Waals surface area contributed by atoms with Crippen LogP contribution >= 0.6 is 11.3 Å². The molecule has 0 atom stereocenters. The van der Waals surface area contributed by atoms with Gasteiger partial charge in [-0.3, -0.25) is 0 Å². The Morgan fingerprint density at radius 1 is 1.38 bits per heavy atom. The fraction of sp³-hybridized carbons (Fsp3) is 0.583. The number of nitrogens with one attached hydrogen (secondary N) is 1. The van der Waals surface area contributed by atoms with Crippen LogP contribution in [0, 0.1) is 0 Å². The quantitative estimate of drug-likeness (QED) is 0.629. The molecular formula is C12H21N3S. The van der Waals surface area contributed by atoms with Gasteiger partial charge in [-0.2, -0.15) is 0 Å². The number of rotatable bonds is 3. The first-order valence-electron chi connectivity index (χ1n) is 5.56. The van der Waals surface area contributed by atoms with E-state index < -0.39 is 0 Å². The summed E-state index contributed by atoms with van der Waals surface area (Å²) in [6.07, 6.45) is 1.09. The number of aliphatic imine (C=N–C) groups is 1. The van der Waals surface area contributed by atoms with Crippen molar-refractivity contribution in [2.75, 3.05) is 0 Å². The summed E-state index contributed by atoms with van der Waals surface area (Å²) in [5, 5.41) is 3.14. The Labute approximate surface area is 102 Å². The second-order valence-electron chi connectivity index (χ2n) is 4.80. The molecule has 0 radical (unpaired) electrons. The third-order valence-corrected chi connectivity index (χ3v) is 3.19. The SMILES string of the molecule is CCc1ccc(CN=C(N)NC(C)(C)C)s1. The lowest BCUT2D eigenvalue weighted by Crippen LogP contribution is -2.44. The molecule has 1 heterocycles. The average molecular weight is 239 g/mol. The van der Waals surface area contributed by atoms with E-state index in [1.807, 2.05) is 0 Å². The van der Waals surface area contributed by atoms with Crippen molar-refractivity contribution in [2.24, 2.45) is 10.7 Å². The largest absolute Gasteiger partial charge is 0.370 e. The van der Waals surface area contributed by atoms with Crippen molar-refractivity contribution in [2.45, 2.75) is 46.2 Å². The lowest BCUT2D eigenvalue weighted by Gasteiger charge is -2.20. The molecule has 0 unspecified atom stereocenters. The van der Waals surface area contributed by atoms with Crippen LogP contribution in [0.5, 0.6) is 0 Å². The third kappa shape index (κ3) is 4.66.